The third kappa shape index (κ3) is 3.18. The van der Waals surface area contributed by atoms with Crippen LogP contribution in [-0.2, 0) is 5.88 Å². The molecule has 1 saturated heterocycles. The van der Waals surface area contributed by atoms with E-state index in [0.29, 0.717) is 11.6 Å². The molecule has 5 heteroatoms. The smallest absolute Gasteiger partial charge is 0.273 e. The zero-order valence-electron chi connectivity index (χ0n) is 11.1. The summed E-state index contributed by atoms with van der Waals surface area (Å²) in [6.45, 7) is 3.23. The molecule has 1 aromatic rings. The van der Waals surface area contributed by atoms with Crippen molar-refractivity contribution in [3.8, 4) is 0 Å². The number of nitro benzene ring substituents is 1. The summed E-state index contributed by atoms with van der Waals surface area (Å²) in [5.41, 5.74) is 1.76. The lowest BCUT2D eigenvalue weighted by molar-refractivity contribution is -0.385. The topological polar surface area (TPSA) is 46.4 Å². The van der Waals surface area contributed by atoms with Gasteiger partial charge in [-0.2, -0.15) is 0 Å². The van der Waals surface area contributed by atoms with Crippen molar-refractivity contribution in [1.82, 2.24) is 0 Å². The Hall–Kier alpha value is -1.29. The summed E-state index contributed by atoms with van der Waals surface area (Å²) in [5, 5.41) is 10.9. The summed E-state index contributed by atoms with van der Waals surface area (Å²) in [6, 6.07) is 5.76. The molecule has 0 amide bonds. The molecule has 1 aliphatic heterocycles. The first-order valence-corrected chi connectivity index (χ1v) is 7.27. The summed E-state index contributed by atoms with van der Waals surface area (Å²) in [7, 11) is 0. The molecule has 0 aliphatic carbocycles. The van der Waals surface area contributed by atoms with E-state index in [4.69, 9.17) is 11.6 Å². The highest BCUT2D eigenvalue weighted by molar-refractivity contribution is 6.17. The van der Waals surface area contributed by atoms with E-state index in [1.165, 1.54) is 25.7 Å². The Balaban J connectivity index is 2.31. The molecular weight excluding hydrogens is 264 g/mol. The van der Waals surface area contributed by atoms with Crippen LogP contribution < -0.4 is 4.90 Å². The number of halogens is 1. The fourth-order valence-electron chi connectivity index (χ4n) is 2.69. The maximum Gasteiger partial charge on any atom is 0.273 e. The predicted octanol–water partition coefficient (Wildman–Crippen LogP) is 4.10. The van der Waals surface area contributed by atoms with Gasteiger partial charge in [0.05, 0.1) is 10.8 Å². The van der Waals surface area contributed by atoms with Crippen LogP contribution in [0.2, 0.25) is 0 Å². The van der Waals surface area contributed by atoms with Crippen molar-refractivity contribution >= 4 is 23.0 Å². The van der Waals surface area contributed by atoms with Crippen molar-refractivity contribution in [3.63, 3.8) is 0 Å². The second-order valence-electron chi connectivity index (χ2n) is 5.10. The average Bonchev–Trinajstić information content (AvgIpc) is 2.62. The lowest BCUT2D eigenvalue weighted by Crippen LogP contribution is -2.32. The number of nitro groups is 1. The number of hydrogen-bond donors (Lipinski definition) is 0. The highest BCUT2D eigenvalue weighted by Crippen LogP contribution is 2.29. The molecule has 0 spiro atoms. The van der Waals surface area contributed by atoms with E-state index in [9.17, 15) is 10.1 Å². The molecule has 0 N–H and O–H groups in total. The first-order chi connectivity index (χ1) is 9.13. The predicted molar refractivity (Wildman–Crippen MR) is 77.9 cm³/mol. The zero-order valence-corrected chi connectivity index (χ0v) is 11.9. The third-order valence-electron chi connectivity index (χ3n) is 3.79. The van der Waals surface area contributed by atoms with Gasteiger partial charge in [-0.25, -0.2) is 0 Å². The standard InChI is InChI=1S/C14H19ClN2O2/c1-11-5-3-2-4-8-16(11)13-6-7-14(17(18)19)12(9-13)10-15/h6-7,9,11H,2-5,8,10H2,1H3. The van der Waals surface area contributed by atoms with E-state index < -0.39 is 0 Å². The Kier molecular flexibility index (Phi) is 4.64. The van der Waals surface area contributed by atoms with Crippen LogP contribution in [0.1, 0.15) is 38.2 Å². The fraction of sp³-hybridized carbons (Fsp3) is 0.571. The fourth-order valence-corrected chi connectivity index (χ4v) is 2.91. The average molecular weight is 283 g/mol. The second kappa shape index (κ2) is 6.24. The third-order valence-corrected chi connectivity index (χ3v) is 4.08. The largest absolute Gasteiger partial charge is 0.369 e. The van der Waals surface area contributed by atoms with Crippen LogP contribution in [0.15, 0.2) is 18.2 Å². The number of hydrogen-bond acceptors (Lipinski definition) is 3. The molecule has 1 aromatic carbocycles. The Morgan fingerprint density at radius 2 is 2.21 bits per heavy atom. The van der Waals surface area contributed by atoms with Gasteiger partial charge in [0.15, 0.2) is 0 Å². The Labute approximate surface area is 118 Å². The van der Waals surface area contributed by atoms with Gasteiger partial charge in [0.2, 0.25) is 0 Å². The molecule has 4 nitrogen and oxygen atoms in total. The minimum Gasteiger partial charge on any atom is -0.369 e. The molecule has 1 heterocycles. The van der Waals surface area contributed by atoms with Crippen LogP contribution in [0, 0.1) is 10.1 Å². The molecule has 1 aliphatic rings. The summed E-state index contributed by atoms with van der Waals surface area (Å²) in [4.78, 5) is 12.9. The molecule has 0 bridgehead atoms. The van der Waals surface area contributed by atoms with Gasteiger partial charge in [-0.1, -0.05) is 12.8 Å². The Bertz CT molecular complexity index is 465. The Morgan fingerprint density at radius 3 is 2.89 bits per heavy atom. The molecule has 1 atom stereocenters. The number of nitrogens with zero attached hydrogens (tertiary/aromatic N) is 2. The van der Waals surface area contributed by atoms with Crippen molar-refractivity contribution in [3.05, 3.63) is 33.9 Å². The number of rotatable bonds is 3. The van der Waals surface area contributed by atoms with Gasteiger partial charge >= 0.3 is 0 Å². The summed E-state index contributed by atoms with van der Waals surface area (Å²) < 4.78 is 0. The van der Waals surface area contributed by atoms with Crippen LogP contribution in [0.25, 0.3) is 0 Å². The number of benzene rings is 1. The highest BCUT2D eigenvalue weighted by atomic mass is 35.5. The van der Waals surface area contributed by atoms with Gasteiger partial charge < -0.3 is 4.90 Å². The van der Waals surface area contributed by atoms with Crippen LogP contribution >= 0.6 is 11.6 Å². The van der Waals surface area contributed by atoms with Gasteiger partial charge in [-0.3, -0.25) is 10.1 Å². The molecule has 2 rings (SSSR count). The van der Waals surface area contributed by atoms with Crippen molar-refractivity contribution in [1.29, 1.82) is 0 Å². The van der Waals surface area contributed by atoms with E-state index in [-0.39, 0.29) is 16.5 Å². The molecule has 19 heavy (non-hydrogen) atoms. The molecule has 104 valence electrons. The zero-order chi connectivity index (χ0) is 13.8. The molecule has 0 saturated carbocycles. The van der Waals surface area contributed by atoms with E-state index in [1.54, 1.807) is 6.07 Å². The first-order valence-electron chi connectivity index (χ1n) is 6.73. The van der Waals surface area contributed by atoms with Crippen molar-refractivity contribution < 1.29 is 4.92 Å². The van der Waals surface area contributed by atoms with Gasteiger partial charge in [0, 0.05) is 29.9 Å². The van der Waals surface area contributed by atoms with Crippen LogP contribution in [0.3, 0.4) is 0 Å². The monoisotopic (exact) mass is 282 g/mol. The van der Waals surface area contributed by atoms with Crippen LogP contribution in [0.4, 0.5) is 11.4 Å². The molecular formula is C14H19ClN2O2. The number of alkyl halides is 1. The van der Waals surface area contributed by atoms with Gasteiger partial charge in [-0.05, 0) is 31.9 Å². The number of anilines is 1. The van der Waals surface area contributed by atoms with E-state index in [0.717, 1.165) is 12.2 Å². The van der Waals surface area contributed by atoms with Crippen molar-refractivity contribution in [2.45, 2.75) is 44.5 Å². The minimum absolute atomic E-state index is 0.112. The van der Waals surface area contributed by atoms with E-state index in [1.807, 2.05) is 12.1 Å². The Morgan fingerprint density at radius 1 is 1.42 bits per heavy atom. The lowest BCUT2D eigenvalue weighted by atomic mass is 10.1. The first kappa shape index (κ1) is 14.1. The minimum atomic E-state index is -0.368. The van der Waals surface area contributed by atoms with Crippen LogP contribution in [0.5, 0.6) is 0 Å². The molecule has 0 radical (unpaired) electrons. The second-order valence-corrected chi connectivity index (χ2v) is 5.36. The lowest BCUT2D eigenvalue weighted by Gasteiger charge is -2.29. The highest BCUT2D eigenvalue weighted by Gasteiger charge is 2.20. The molecule has 1 fully saturated rings. The van der Waals surface area contributed by atoms with Gasteiger partial charge in [0.1, 0.15) is 0 Å². The molecule has 1 unspecified atom stereocenters. The van der Waals surface area contributed by atoms with Gasteiger partial charge in [0.25, 0.3) is 5.69 Å². The van der Waals surface area contributed by atoms with Crippen molar-refractivity contribution in [2.75, 3.05) is 11.4 Å². The van der Waals surface area contributed by atoms with E-state index in [2.05, 4.69) is 11.8 Å². The quantitative estimate of drug-likeness (QED) is 0.476. The van der Waals surface area contributed by atoms with E-state index >= 15 is 0 Å². The normalized spacial score (nSPS) is 20.1. The summed E-state index contributed by atoms with van der Waals surface area (Å²) in [5.74, 6) is 0.173. The molecule has 0 aromatic heterocycles. The SMILES string of the molecule is CC1CCCCCN1c1ccc([N+](=O)[O-])c(CCl)c1. The summed E-state index contributed by atoms with van der Waals surface area (Å²) in [6.07, 6.45) is 4.87. The maximum atomic E-state index is 10.9. The van der Waals surface area contributed by atoms with Gasteiger partial charge in [-0.15, -0.1) is 11.6 Å². The summed E-state index contributed by atoms with van der Waals surface area (Å²) >= 11 is 5.83. The van der Waals surface area contributed by atoms with Crippen molar-refractivity contribution in [2.24, 2.45) is 0 Å². The maximum absolute atomic E-state index is 10.9. The van der Waals surface area contributed by atoms with Crippen LogP contribution in [-0.4, -0.2) is 17.5 Å².